The molecule has 4 aromatic carbocycles. The van der Waals surface area contributed by atoms with E-state index < -0.39 is 78.4 Å². The van der Waals surface area contributed by atoms with Crippen molar-refractivity contribution >= 4 is 50.6 Å². The van der Waals surface area contributed by atoms with Crippen molar-refractivity contribution in [3.8, 4) is 5.82 Å². The molecule has 0 saturated heterocycles. The van der Waals surface area contributed by atoms with Crippen LogP contribution in [0.5, 0.6) is 0 Å². The first-order chi connectivity index (χ1) is 29.7. The van der Waals surface area contributed by atoms with Crippen molar-refractivity contribution in [2.75, 3.05) is 0 Å². The molecule has 0 saturated carbocycles. The number of pyridine rings is 2. The van der Waals surface area contributed by atoms with Crippen molar-refractivity contribution in [1.29, 1.82) is 0 Å². The summed E-state index contributed by atoms with van der Waals surface area (Å²) in [6, 6.07) is 23.2. The van der Waals surface area contributed by atoms with E-state index in [4.69, 9.17) is 17.8 Å². The zero-order valence-electron chi connectivity index (χ0n) is 41.0. The van der Waals surface area contributed by atoms with Crippen LogP contribution in [0.1, 0.15) is 81.4 Å². The van der Waals surface area contributed by atoms with Gasteiger partial charge in [-0.15, -0.1) is 11.5 Å². The summed E-state index contributed by atoms with van der Waals surface area (Å²) in [5.41, 5.74) is -4.49. The van der Waals surface area contributed by atoms with Gasteiger partial charge in [-0.2, -0.15) is 24.3 Å². The van der Waals surface area contributed by atoms with E-state index in [1.807, 2.05) is 12.1 Å². The molecule has 7 aromatic rings. The van der Waals surface area contributed by atoms with Crippen molar-refractivity contribution in [2.45, 2.75) is 58.1 Å². The maximum absolute atomic E-state index is 17.0. The van der Waals surface area contributed by atoms with Gasteiger partial charge in [-0.05, 0) is 50.1 Å². The van der Waals surface area contributed by atoms with Crippen molar-refractivity contribution in [1.82, 2.24) is 23.7 Å². The summed E-state index contributed by atoms with van der Waals surface area (Å²) in [4.78, 5) is 8.90. The zero-order valence-corrected chi connectivity index (χ0v) is 30.2. The van der Waals surface area contributed by atoms with Crippen LogP contribution in [0.15, 0.2) is 116 Å². The maximum Gasteiger partial charge on any atom is 2.00 e. The van der Waals surface area contributed by atoms with E-state index in [1.54, 1.807) is 53.5 Å². The fraction of sp³-hybridized carbons (Fsp3) is 0.205. The molecule has 3 aromatic heterocycles. The molecule has 8 rings (SSSR count). The Morgan fingerprint density at radius 2 is 1.50 bits per heavy atom. The molecule has 0 unspecified atom stereocenters. The first-order valence-corrected chi connectivity index (χ1v) is 16.0. The maximum atomic E-state index is 17.0. The molecular weight excluding hydrogens is 832 g/mol. The van der Waals surface area contributed by atoms with Gasteiger partial charge in [0.1, 0.15) is 11.5 Å². The topological polar surface area (TPSA) is 36.7 Å². The average Bonchev–Trinajstić information content (AvgIpc) is 3.76. The van der Waals surface area contributed by atoms with Gasteiger partial charge >= 0.3 is 27.1 Å². The van der Waals surface area contributed by atoms with Crippen molar-refractivity contribution in [2.24, 2.45) is 0 Å². The van der Waals surface area contributed by atoms with Gasteiger partial charge in [-0.1, -0.05) is 98.9 Å². The average molecular weight is 882 g/mol. The Morgan fingerprint density at radius 1 is 0.769 bits per heavy atom. The fourth-order valence-electron chi connectivity index (χ4n) is 6.14. The Kier molecular flexibility index (Phi) is 5.62. The van der Waals surface area contributed by atoms with Crippen LogP contribution in [0.3, 0.4) is 0 Å². The normalized spacial score (nSPS) is 17.5. The quantitative estimate of drug-likeness (QED) is 0.128. The number of aromatic nitrogens is 3. The fourth-order valence-corrected chi connectivity index (χ4v) is 6.14. The Bertz CT molecular complexity index is 3080. The third-order valence-corrected chi connectivity index (χ3v) is 8.79. The molecule has 0 amide bonds. The van der Waals surface area contributed by atoms with Gasteiger partial charge in [-0.25, -0.2) is 13.8 Å². The molecule has 0 radical (unpaired) electrons. The summed E-state index contributed by atoms with van der Waals surface area (Å²) >= 11 is 0. The molecular formula is C44H37F2N5Pt+2. The molecule has 260 valence electrons. The van der Waals surface area contributed by atoms with Crippen molar-refractivity contribution in [3.63, 3.8) is 0 Å². The second kappa shape index (κ2) is 12.8. The Morgan fingerprint density at radius 3 is 2.23 bits per heavy atom. The number of halogens is 2. The zero-order chi connectivity index (χ0) is 46.7. The molecule has 0 aliphatic carbocycles. The summed E-state index contributed by atoms with van der Waals surface area (Å²) in [5.74, 6) is -3.19. The van der Waals surface area contributed by atoms with Gasteiger partial charge in [0.15, 0.2) is 0 Å². The molecule has 0 atom stereocenters. The van der Waals surface area contributed by atoms with E-state index in [2.05, 4.69) is 48.9 Å². The molecule has 4 heterocycles. The van der Waals surface area contributed by atoms with Gasteiger partial charge in [0, 0.05) is 48.9 Å². The van der Waals surface area contributed by atoms with Crippen LogP contribution in [0.2, 0.25) is 0 Å². The third kappa shape index (κ3) is 6.02. The number of fused-ring (bicyclic) bond motifs is 4. The Labute approximate surface area is 335 Å². The van der Waals surface area contributed by atoms with Crippen LogP contribution < -0.4 is 9.15 Å². The molecule has 8 heteroatoms. The first-order valence-electron chi connectivity index (χ1n) is 22.5. The minimum absolute atomic E-state index is 0. The minimum Gasteiger partial charge on any atom is -0.318 e. The number of benzene rings is 4. The SMILES string of the molecule is [2H]c1c([2H])c(C(C([2H])([2H])[2H])(C([2H])([2H])[2H])C([2H])([2H])[2H])c([2H])c([2H])c1[N+]1=C=[N+](c2[c-]c(C(F)(F)c3[c-]c4c(cc3)c3ccncc3n4-c3cc(C(C)(C)C)ccn3)ccc2)c2ccccc21.[Pt+2]. The van der Waals surface area contributed by atoms with Crippen LogP contribution in [0.25, 0.3) is 27.6 Å². The molecule has 5 nitrogen and oxygen atoms in total. The molecule has 0 bridgehead atoms. The van der Waals surface area contributed by atoms with E-state index in [1.165, 1.54) is 34.9 Å². The smallest absolute Gasteiger partial charge is 0.318 e. The van der Waals surface area contributed by atoms with Crippen LogP contribution in [0, 0.1) is 12.1 Å². The number of hydrogen-bond acceptors (Lipinski definition) is 2. The number of hydrogen-bond donors (Lipinski definition) is 0. The van der Waals surface area contributed by atoms with Crippen molar-refractivity contribution in [3.05, 3.63) is 150 Å². The van der Waals surface area contributed by atoms with Crippen LogP contribution >= 0.6 is 0 Å². The molecule has 0 N–H and O–H groups in total. The van der Waals surface area contributed by atoms with Crippen LogP contribution in [0.4, 0.5) is 31.5 Å². The Balaban J connectivity index is 0.00000630. The van der Waals surface area contributed by atoms with Gasteiger partial charge in [0.05, 0.1) is 17.2 Å². The van der Waals surface area contributed by atoms with Crippen LogP contribution in [-0.4, -0.2) is 20.5 Å². The number of rotatable bonds is 5. The van der Waals surface area contributed by atoms with E-state index in [0.717, 1.165) is 15.5 Å². The predicted molar refractivity (Wildman–Crippen MR) is 202 cm³/mol. The summed E-state index contributed by atoms with van der Waals surface area (Å²) in [5, 5.41) is 1.41. The second-order valence-electron chi connectivity index (χ2n) is 13.3. The number of nitrogens with zero attached hydrogens (tertiary/aromatic N) is 5. The van der Waals surface area contributed by atoms with E-state index >= 15 is 8.78 Å². The largest absolute Gasteiger partial charge is 2.00 e. The van der Waals surface area contributed by atoms with Crippen molar-refractivity contribution < 1.29 is 47.7 Å². The monoisotopic (exact) mass is 881 g/mol. The van der Waals surface area contributed by atoms with Gasteiger partial charge in [0.25, 0.3) is 17.3 Å². The van der Waals surface area contributed by atoms with E-state index in [-0.39, 0.29) is 43.5 Å². The summed E-state index contributed by atoms with van der Waals surface area (Å²) in [7, 11) is 0. The first kappa shape index (κ1) is 22.8. The summed E-state index contributed by atoms with van der Waals surface area (Å²) in [6.45, 7) is -5.40. The summed E-state index contributed by atoms with van der Waals surface area (Å²) < 4.78 is 147. The third-order valence-electron chi connectivity index (χ3n) is 8.79. The number of para-hydroxylation sites is 2. The molecule has 1 aliphatic heterocycles. The minimum atomic E-state index is -3.86. The molecule has 52 heavy (non-hydrogen) atoms. The predicted octanol–water partition coefficient (Wildman–Crippen LogP) is 10.8. The van der Waals surface area contributed by atoms with Crippen LogP contribution in [-0.2, 0) is 37.8 Å². The molecule has 0 fully saturated rings. The van der Waals surface area contributed by atoms with Gasteiger partial charge in [-0.3, -0.25) is 4.98 Å². The molecule has 1 aliphatic rings. The van der Waals surface area contributed by atoms with E-state index in [0.29, 0.717) is 22.2 Å². The standard InChI is InChI=1S/C44H37F2N5.Pt/c1-42(2,3)29-14-17-33(18-15-29)49-28-50(38-13-8-7-12-37(38)49)34-11-9-10-31(24-34)44(45,46)32-16-19-35-36-21-22-47-27-40(36)51(39(35)25-32)41-26-30(20-23-48-41)43(4,5)6;/h7-23,26-27H,1-6H3;/q;+2/i1D3,2D3,3D3,14D,15D,17D,18D;. The summed E-state index contributed by atoms with van der Waals surface area (Å²) in [6.07, 6.45) is 4.93. The second-order valence-corrected chi connectivity index (χ2v) is 13.3. The van der Waals surface area contributed by atoms with E-state index in [9.17, 15) is 0 Å². The molecule has 0 spiro atoms. The number of alkyl halides is 2. The Hall–Kier alpha value is -5.09. The van der Waals surface area contributed by atoms with Gasteiger partial charge in [0.2, 0.25) is 5.69 Å². The van der Waals surface area contributed by atoms with Gasteiger partial charge < -0.3 is 4.57 Å².